The van der Waals surface area contributed by atoms with Gasteiger partial charge in [0.25, 0.3) is 0 Å². The molecule has 0 amide bonds. The van der Waals surface area contributed by atoms with Crippen LogP contribution in [-0.4, -0.2) is 32.7 Å². The van der Waals surface area contributed by atoms with Crippen LogP contribution in [0.1, 0.15) is 29.8 Å². The van der Waals surface area contributed by atoms with Crippen LogP contribution in [0.2, 0.25) is 0 Å². The summed E-state index contributed by atoms with van der Waals surface area (Å²) in [5.74, 6) is 2.92. The van der Waals surface area contributed by atoms with Crippen LogP contribution in [0.3, 0.4) is 0 Å². The highest BCUT2D eigenvalue weighted by molar-refractivity contribution is 6.07. The average Bonchev–Trinajstić information content (AvgIpc) is 2.70. The number of rotatable bonds is 7. The van der Waals surface area contributed by atoms with E-state index in [4.69, 9.17) is 18.9 Å². The van der Waals surface area contributed by atoms with Crippen LogP contribution >= 0.6 is 0 Å². The lowest BCUT2D eigenvalue weighted by molar-refractivity contribution is 0.104. The van der Waals surface area contributed by atoms with E-state index in [0.29, 0.717) is 54.3 Å². The molecule has 1 aliphatic heterocycles. The highest BCUT2D eigenvalue weighted by atomic mass is 16.6. The maximum Gasteiger partial charge on any atom is 0.185 e. The lowest BCUT2D eigenvalue weighted by atomic mass is 10.1. The number of ether oxygens (including phenoxy) is 4. The van der Waals surface area contributed by atoms with Crippen LogP contribution in [0.4, 0.5) is 0 Å². The van der Waals surface area contributed by atoms with Crippen LogP contribution in [0.25, 0.3) is 6.08 Å². The molecule has 1 aliphatic rings. The van der Waals surface area contributed by atoms with E-state index in [1.807, 2.05) is 18.2 Å². The monoisotopic (exact) mass is 368 g/mol. The van der Waals surface area contributed by atoms with Crippen molar-refractivity contribution in [3.63, 3.8) is 0 Å². The first-order valence-electron chi connectivity index (χ1n) is 8.99. The fourth-order valence-corrected chi connectivity index (χ4v) is 2.63. The Morgan fingerprint density at radius 2 is 1.85 bits per heavy atom. The number of carbonyl (C=O) groups excluding carboxylic acids is 1. The number of ketones is 1. The summed E-state index contributed by atoms with van der Waals surface area (Å²) in [6.45, 7) is 5.79. The van der Waals surface area contributed by atoms with Gasteiger partial charge in [-0.3, -0.25) is 4.79 Å². The zero-order valence-electron chi connectivity index (χ0n) is 15.9. The smallest absolute Gasteiger partial charge is 0.185 e. The van der Waals surface area contributed by atoms with Crippen molar-refractivity contribution in [2.75, 3.05) is 26.9 Å². The van der Waals surface area contributed by atoms with Crippen LogP contribution < -0.4 is 18.9 Å². The molecule has 2 aromatic carbocycles. The second-order valence-corrected chi connectivity index (χ2v) is 6.67. The Hall–Kier alpha value is -2.95. The first kappa shape index (κ1) is 18.8. The van der Waals surface area contributed by atoms with Gasteiger partial charge in [0.05, 0.1) is 13.7 Å². The first-order valence-corrected chi connectivity index (χ1v) is 8.99. The van der Waals surface area contributed by atoms with E-state index in [-0.39, 0.29) is 5.78 Å². The minimum absolute atomic E-state index is 0.104. The fraction of sp³-hybridized carbons (Fsp3) is 0.318. The third-order valence-corrected chi connectivity index (χ3v) is 4.01. The average molecular weight is 368 g/mol. The molecule has 0 bridgehead atoms. The van der Waals surface area contributed by atoms with Crippen molar-refractivity contribution in [2.45, 2.75) is 13.8 Å². The third kappa shape index (κ3) is 4.82. The van der Waals surface area contributed by atoms with Crippen LogP contribution in [-0.2, 0) is 0 Å². The van der Waals surface area contributed by atoms with Gasteiger partial charge in [0.15, 0.2) is 28.8 Å². The molecular formula is C22H24O5. The van der Waals surface area contributed by atoms with Gasteiger partial charge in [-0.05, 0) is 47.9 Å². The number of carbonyl (C=O) groups is 1. The van der Waals surface area contributed by atoms with Crippen LogP contribution in [0, 0.1) is 5.92 Å². The largest absolute Gasteiger partial charge is 0.493 e. The molecule has 0 fully saturated rings. The second kappa shape index (κ2) is 8.62. The summed E-state index contributed by atoms with van der Waals surface area (Å²) >= 11 is 0. The van der Waals surface area contributed by atoms with Crippen molar-refractivity contribution in [3.05, 3.63) is 53.6 Å². The summed E-state index contributed by atoms with van der Waals surface area (Å²) in [5, 5.41) is 0. The number of benzene rings is 2. The highest BCUT2D eigenvalue weighted by Gasteiger charge is 2.14. The molecular weight excluding hydrogens is 344 g/mol. The molecule has 0 saturated heterocycles. The standard InChI is InChI=1S/C22H24O5/c1-15(2)14-27-21-12-16(5-8-19(21)24-3)4-7-18(23)17-6-9-20-22(13-17)26-11-10-25-20/h4-9,12-13,15H,10-11,14H2,1-3H3/b7-4+. The van der Waals surface area contributed by atoms with Crippen LogP contribution in [0.15, 0.2) is 42.5 Å². The van der Waals surface area contributed by atoms with Crippen molar-refractivity contribution >= 4 is 11.9 Å². The third-order valence-electron chi connectivity index (χ3n) is 4.01. The molecule has 0 spiro atoms. The van der Waals surface area contributed by atoms with Crippen molar-refractivity contribution < 1.29 is 23.7 Å². The number of hydrogen-bond donors (Lipinski definition) is 0. The number of allylic oxidation sites excluding steroid dienone is 1. The van der Waals surface area contributed by atoms with E-state index >= 15 is 0 Å². The molecule has 0 N–H and O–H groups in total. The van der Waals surface area contributed by atoms with E-state index in [2.05, 4.69) is 13.8 Å². The molecule has 0 aliphatic carbocycles. The topological polar surface area (TPSA) is 54.0 Å². The predicted octanol–water partition coefficient (Wildman–Crippen LogP) is 4.40. The Morgan fingerprint density at radius 1 is 1.07 bits per heavy atom. The van der Waals surface area contributed by atoms with Crippen molar-refractivity contribution in [1.29, 1.82) is 0 Å². The van der Waals surface area contributed by atoms with Gasteiger partial charge in [-0.1, -0.05) is 26.0 Å². The Kier molecular flexibility index (Phi) is 6.01. The number of methoxy groups -OCH3 is 1. The minimum atomic E-state index is -0.104. The minimum Gasteiger partial charge on any atom is -0.493 e. The van der Waals surface area contributed by atoms with Crippen molar-refractivity contribution in [1.82, 2.24) is 0 Å². The first-order chi connectivity index (χ1) is 13.1. The molecule has 0 radical (unpaired) electrons. The SMILES string of the molecule is COc1ccc(/C=C/C(=O)c2ccc3c(c2)OCCO3)cc1OCC(C)C. The molecule has 27 heavy (non-hydrogen) atoms. The normalized spacial score (nSPS) is 13.0. The summed E-state index contributed by atoms with van der Waals surface area (Å²) in [4.78, 5) is 12.5. The predicted molar refractivity (Wildman–Crippen MR) is 104 cm³/mol. The van der Waals surface area contributed by atoms with Gasteiger partial charge in [0, 0.05) is 5.56 Å². The molecule has 3 rings (SSSR count). The van der Waals surface area contributed by atoms with E-state index in [1.54, 1.807) is 37.5 Å². The molecule has 5 heteroatoms. The van der Waals surface area contributed by atoms with E-state index in [0.717, 1.165) is 5.56 Å². The number of hydrogen-bond acceptors (Lipinski definition) is 5. The Morgan fingerprint density at radius 3 is 2.59 bits per heavy atom. The molecule has 1 heterocycles. The fourth-order valence-electron chi connectivity index (χ4n) is 2.63. The Bertz CT molecular complexity index is 839. The zero-order chi connectivity index (χ0) is 19.2. The zero-order valence-corrected chi connectivity index (χ0v) is 15.9. The molecule has 2 aromatic rings. The van der Waals surface area contributed by atoms with Crippen molar-refractivity contribution in [3.8, 4) is 23.0 Å². The molecule has 0 atom stereocenters. The Balaban J connectivity index is 1.74. The van der Waals surface area contributed by atoms with E-state index in [1.165, 1.54) is 0 Å². The second-order valence-electron chi connectivity index (χ2n) is 6.67. The molecule has 0 aromatic heterocycles. The van der Waals surface area contributed by atoms with Gasteiger partial charge in [0.2, 0.25) is 0 Å². The molecule has 5 nitrogen and oxygen atoms in total. The molecule has 0 saturated carbocycles. The summed E-state index contributed by atoms with van der Waals surface area (Å²) in [6, 6.07) is 10.8. The molecule has 142 valence electrons. The maximum atomic E-state index is 12.5. The van der Waals surface area contributed by atoms with Gasteiger partial charge in [-0.25, -0.2) is 0 Å². The van der Waals surface area contributed by atoms with Gasteiger partial charge < -0.3 is 18.9 Å². The van der Waals surface area contributed by atoms with Gasteiger partial charge >= 0.3 is 0 Å². The quantitative estimate of drug-likeness (QED) is 0.536. The molecule has 0 unspecified atom stereocenters. The lowest BCUT2D eigenvalue weighted by Gasteiger charge is -2.18. The van der Waals surface area contributed by atoms with E-state index < -0.39 is 0 Å². The van der Waals surface area contributed by atoms with Gasteiger partial charge in [-0.2, -0.15) is 0 Å². The van der Waals surface area contributed by atoms with Crippen molar-refractivity contribution in [2.24, 2.45) is 5.92 Å². The number of fused-ring (bicyclic) bond motifs is 1. The summed E-state index contributed by atoms with van der Waals surface area (Å²) in [6.07, 6.45) is 3.31. The van der Waals surface area contributed by atoms with Gasteiger partial charge in [0.1, 0.15) is 13.2 Å². The Labute approximate surface area is 159 Å². The summed E-state index contributed by atoms with van der Waals surface area (Å²) < 4.78 is 22.2. The summed E-state index contributed by atoms with van der Waals surface area (Å²) in [7, 11) is 1.61. The summed E-state index contributed by atoms with van der Waals surface area (Å²) in [5.41, 5.74) is 1.42. The van der Waals surface area contributed by atoms with Gasteiger partial charge in [-0.15, -0.1) is 0 Å². The van der Waals surface area contributed by atoms with E-state index in [9.17, 15) is 4.79 Å². The maximum absolute atomic E-state index is 12.5. The highest BCUT2D eigenvalue weighted by Crippen LogP contribution is 2.31. The van der Waals surface area contributed by atoms with Crippen LogP contribution in [0.5, 0.6) is 23.0 Å². The lowest BCUT2D eigenvalue weighted by Crippen LogP contribution is -2.15.